The average Bonchev–Trinajstić information content (AvgIpc) is 2.49. The number of anilines is 1. The molecule has 22 heavy (non-hydrogen) atoms. The maximum atomic E-state index is 11.3. The van der Waals surface area contributed by atoms with E-state index in [1.807, 2.05) is 30.4 Å². The summed E-state index contributed by atoms with van der Waals surface area (Å²) in [5, 5.41) is 0. The molecule has 0 saturated carbocycles. The van der Waals surface area contributed by atoms with Crippen molar-refractivity contribution in [2.75, 3.05) is 12.8 Å². The molecule has 0 radical (unpaired) electrons. The molecule has 0 heterocycles. The molecule has 1 aliphatic carbocycles. The van der Waals surface area contributed by atoms with Crippen LogP contribution in [0.5, 0.6) is 0 Å². The van der Waals surface area contributed by atoms with Gasteiger partial charge in [-0.05, 0) is 47.9 Å². The van der Waals surface area contributed by atoms with Crippen molar-refractivity contribution in [3.05, 3.63) is 77.4 Å². The van der Waals surface area contributed by atoms with Gasteiger partial charge in [0.15, 0.2) is 0 Å². The molecule has 0 unspecified atom stereocenters. The molecule has 0 aromatic heterocycles. The smallest absolute Gasteiger partial charge is 0.248 e. The van der Waals surface area contributed by atoms with Gasteiger partial charge in [0.1, 0.15) is 0 Å². The Morgan fingerprint density at radius 2 is 2.05 bits per heavy atom. The lowest BCUT2D eigenvalue weighted by Gasteiger charge is -2.10. The zero-order valence-corrected chi connectivity index (χ0v) is 12.5. The molecule has 1 aromatic carbocycles. The first-order chi connectivity index (χ1) is 10.5. The minimum absolute atomic E-state index is 0.445. The standard InChI is InChI=1S/C18H19N3O/c1-12(9-13-5-3-4-6-17(13)21-2)10-15-11-14(18(20)22)7-8-16(15)19/h3-9,11H,1,10,19H2,2H3,(H2,20,22)/b13-9-,21-17?. The van der Waals surface area contributed by atoms with Crippen molar-refractivity contribution in [2.24, 2.45) is 10.7 Å². The predicted octanol–water partition coefficient (Wildman–Crippen LogP) is 2.59. The molecular formula is C18H19N3O. The van der Waals surface area contributed by atoms with Crippen molar-refractivity contribution in [3.8, 4) is 0 Å². The van der Waals surface area contributed by atoms with Crippen LogP contribution >= 0.6 is 0 Å². The first-order valence-corrected chi connectivity index (χ1v) is 6.91. The monoisotopic (exact) mass is 293 g/mol. The molecule has 4 heteroatoms. The van der Waals surface area contributed by atoms with E-state index in [0.29, 0.717) is 17.7 Å². The summed E-state index contributed by atoms with van der Waals surface area (Å²) in [5.41, 5.74) is 15.9. The van der Waals surface area contributed by atoms with Crippen LogP contribution in [-0.2, 0) is 6.42 Å². The average molecular weight is 293 g/mol. The van der Waals surface area contributed by atoms with Gasteiger partial charge in [-0.1, -0.05) is 30.4 Å². The second-order valence-corrected chi connectivity index (χ2v) is 5.04. The Kier molecular flexibility index (Phi) is 4.73. The Hall–Kier alpha value is -2.88. The van der Waals surface area contributed by atoms with E-state index >= 15 is 0 Å². The van der Waals surface area contributed by atoms with E-state index in [2.05, 4.69) is 11.6 Å². The van der Waals surface area contributed by atoms with Crippen LogP contribution in [0.25, 0.3) is 0 Å². The van der Waals surface area contributed by atoms with Gasteiger partial charge in [0.25, 0.3) is 0 Å². The molecule has 1 aromatic rings. The summed E-state index contributed by atoms with van der Waals surface area (Å²) >= 11 is 0. The van der Waals surface area contributed by atoms with Crippen LogP contribution in [0.2, 0.25) is 0 Å². The van der Waals surface area contributed by atoms with Crippen molar-refractivity contribution in [2.45, 2.75) is 6.42 Å². The third-order valence-corrected chi connectivity index (χ3v) is 3.38. The number of hydrogen-bond donors (Lipinski definition) is 2. The van der Waals surface area contributed by atoms with Crippen LogP contribution in [0.1, 0.15) is 15.9 Å². The SMILES string of the molecule is C=C(/C=C1/C=CC=CC1=NC)Cc1cc(C(N)=O)ccc1N. The molecule has 4 N–H and O–H groups in total. The maximum absolute atomic E-state index is 11.3. The highest BCUT2D eigenvalue weighted by Gasteiger charge is 2.08. The molecule has 0 saturated heterocycles. The van der Waals surface area contributed by atoms with Crippen LogP contribution in [0, 0.1) is 0 Å². The van der Waals surface area contributed by atoms with Gasteiger partial charge in [-0.25, -0.2) is 0 Å². The second kappa shape index (κ2) is 6.72. The van der Waals surface area contributed by atoms with Gasteiger partial charge in [0, 0.05) is 18.3 Å². The first-order valence-electron chi connectivity index (χ1n) is 6.91. The van der Waals surface area contributed by atoms with E-state index in [1.165, 1.54) is 0 Å². The number of carbonyl (C=O) groups excluding carboxylic acids is 1. The van der Waals surface area contributed by atoms with Gasteiger partial charge in [0.2, 0.25) is 5.91 Å². The van der Waals surface area contributed by atoms with Crippen molar-refractivity contribution in [1.82, 2.24) is 0 Å². The van der Waals surface area contributed by atoms with Crippen LogP contribution in [-0.4, -0.2) is 18.7 Å². The zero-order valence-electron chi connectivity index (χ0n) is 12.5. The topological polar surface area (TPSA) is 81.5 Å². The Balaban J connectivity index is 2.22. The van der Waals surface area contributed by atoms with Gasteiger partial charge in [-0.15, -0.1) is 0 Å². The van der Waals surface area contributed by atoms with E-state index in [-0.39, 0.29) is 0 Å². The Labute approximate surface area is 130 Å². The van der Waals surface area contributed by atoms with E-state index in [0.717, 1.165) is 22.4 Å². The summed E-state index contributed by atoms with van der Waals surface area (Å²) in [5.74, 6) is -0.467. The largest absolute Gasteiger partial charge is 0.398 e. The quantitative estimate of drug-likeness (QED) is 0.837. The Bertz CT molecular complexity index is 737. The molecule has 0 fully saturated rings. The van der Waals surface area contributed by atoms with Gasteiger partial charge >= 0.3 is 0 Å². The molecule has 0 atom stereocenters. The first kappa shape index (κ1) is 15.5. The number of primary amides is 1. The number of benzene rings is 1. The number of rotatable bonds is 4. The molecule has 0 bridgehead atoms. The summed E-state index contributed by atoms with van der Waals surface area (Å²) in [6.07, 6.45) is 10.3. The molecule has 1 amide bonds. The van der Waals surface area contributed by atoms with Crippen LogP contribution in [0.4, 0.5) is 5.69 Å². The highest BCUT2D eigenvalue weighted by atomic mass is 16.1. The zero-order chi connectivity index (χ0) is 16.1. The van der Waals surface area contributed by atoms with E-state index in [9.17, 15) is 4.79 Å². The molecule has 2 rings (SSSR count). The molecule has 1 aliphatic rings. The third kappa shape index (κ3) is 3.61. The summed E-state index contributed by atoms with van der Waals surface area (Å²) in [4.78, 5) is 15.5. The summed E-state index contributed by atoms with van der Waals surface area (Å²) in [7, 11) is 1.75. The van der Waals surface area contributed by atoms with Crippen LogP contribution in [0.3, 0.4) is 0 Å². The van der Waals surface area contributed by atoms with E-state index < -0.39 is 5.91 Å². The lowest BCUT2D eigenvalue weighted by atomic mass is 9.97. The highest BCUT2D eigenvalue weighted by Crippen LogP contribution is 2.20. The minimum atomic E-state index is -0.467. The lowest BCUT2D eigenvalue weighted by Crippen LogP contribution is -2.12. The molecule has 112 valence electrons. The number of nitrogens with zero attached hydrogens (tertiary/aromatic N) is 1. The fraction of sp³-hybridized carbons (Fsp3) is 0.111. The van der Waals surface area contributed by atoms with Gasteiger partial charge in [-0.2, -0.15) is 0 Å². The number of aliphatic imine (C=N–C) groups is 1. The fourth-order valence-corrected chi connectivity index (χ4v) is 2.24. The number of carbonyl (C=O) groups is 1. The Morgan fingerprint density at radius 1 is 1.32 bits per heavy atom. The molecule has 0 spiro atoms. The van der Waals surface area contributed by atoms with Crippen molar-refractivity contribution in [1.29, 1.82) is 0 Å². The van der Waals surface area contributed by atoms with Crippen molar-refractivity contribution >= 4 is 17.3 Å². The maximum Gasteiger partial charge on any atom is 0.248 e. The van der Waals surface area contributed by atoms with Crippen molar-refractivity contribution < 1.29 is 4.79 Å². The van der Waals surface area contributed by atoms with Crippen LogP contribution < -0.4 is 11.5 Å². The van der Waals surface area contributed by atoms with E-state index in [1.54, 1.807) is 25.2 Å². The normalized spacial score (nSPS) is 17.1. The van der Waals surface area contributed by atoms with Gasteiger partial charge in [0.05, 0.1) is 5.71 Å². The minimum Gasteiger partial charge on any atom is -0.398 e. The molecule has 4 nitrogen and oxygen atoms in total. The predicted molar refractivity (Wildman–Crippen MR) is 91.9 cm³/mol. The number of amides is 1. The number of nitrogens with two attached hydrogens (primary N) is 2. The Morgan fingerprint density at radius 3 is 2.73 bits per heavy atom. The van der Waals surface area contributed by atoms with E-state index in [4.69, 9.17) is 11.5 Å². The van der Waals surface area contributed by atoms with Crippen LogP contribution in [0.15, 0.2) is 71.3 Å². The molecule has 0 aliphatic heterocycles. The third-order valence-electron chi connectivity index (χ3n) is 3.38. The number of allylic oxidation sites excluding steroid dienone is 7. The van der Waals surface area contributed by atoms with Gasteiger partial charge < -0.3 is 11.5 Å². The lowest BCUT2D eigenvalue weighted by molar-refractivity contribution is 0.1000. The number of hydrogen-bond acceptors (Lipinski definition) is 3. The van der Waals surface area contributed by atoms with Gasteiger partial charge in [-0.3, -0.25) is 9.79 Å². The summed E-state index contributed by atoms with van der Waals surface area (Å²) in [6, 6.07) is 5.03. The number of nitrogen functional groups attached to an aromatic ring is 1. The van der Waals surface area contributed by atoms with Crippen molar-refractivity contribution in [3.63, 3.8) is 0 Å². The second-order valence-electron chi connectivity index (χ2n) is 5.04. The summed E-state index contributed by atoms with van der Waals surface area (Å²) < 4.78 is 0. The fourth-order valence-electron chi connectivity index (χ4n) is 2.24. The molecular weight excluding hydrogens is 274 g/mol. The summed E-state index contributed by atoms with van der Waals surface area (Å²) in [6.45, 7) is 4.07. The highest BCUT2D eigenvalue weighted by molar-refractivity contribution is 6.11.